The summed E-state index contributed by atoms with van der Waals surface area (Å²) in [4.78, 5) is 0. The summed E-state index contributed by atoms with van der Waals surface area (Å²) in [5.41, 5.74) is 1.08. The van der Waals surface area contributed by atoms with Gasteiger partial charge in [-0.05, 0) is 24.3 Å². The predicted octanol–water partition coefficient (Wildman–Crippen LogP) is 4.06. The Morgan fingerprint density at radius 2 is 1.67 bits per heavy atom. The van der Waals surface area contributed by atoms with Crippen molar-refractivity contribution in [3.05, 3.63) is 29.3 Å². The Morgan fingerprint density at radius 1 is 1.17 bits per heavy atom. The monoisotopic (exact) mass is 203 g/mol. The summed E-state index contributed by atoms with van der Waals surface area (Å²) in [7, 11) is 0. The van der Waals surface area contributed by atoms with Crippen molar-refractivity contribution in [2.45, 2.75) is 13.8 Å². The zero-order valence-electron chi connectivity index (χ0n) is 7.60. The van der Waals surface area contributed by atoms with Crippen LogP contribution in [0.2, 0.25) is 5.02 Å². The van der Waals surface area contributed by atoms with Crippen LogP contribution in [0.1, 0.15) is 13.8 Å². The Hall–Kier alpha value is -0.340. The van der Waals surface area contributed by atoms with Gasteiger partial charge in [0.1, 0.15) is 0 Å². The highest BCUT2D eigenvalue weighted by Gasteiger charge is 1.87. The minimum atomic E-state index is 0.770. The third-order valence-electron chi connectivity index (χ3n) is 1.06. The summed E-state index contributed by atoms with van der Waals surface area (Å²) in [6, 6.07) is 7.61. The molecular formula is C9H14ClNS. The third kappa shape index (κ3) is 4.52. The highest BCUT2D eigenvalue weighted by molar-refractivity contribution is 7.99. The maximum absolute atomic E-state index is 5.68. The van der Waals surface area contributed by atoms with E-state index in [1.807, 2.05) is 44.4 Å². The van der Waals surface area contributed by atoms with Gasteiger partial charge in [-0.25, -0.2) is 0 Å². The Labute approximate surface area is 83.6 Å². The molecule has 0 unspecified atom stereocenters. The van der Waals surface area contributed by atoms with Crippen molar-refractivity contribution < 1.29 is 0 Å². The average Bonchev–Trinajstić information content (AvgIpc) is 2.13. The first-order valence-electron chi connectivity index (χ1n) is 3.87. The van der Waals surface area contributed by atoms with Gasteiger partial charge >= 0.3 is 0 Å². The molecule has 0 amide bonds. The fourth-order valence-corrected chi connectivity index (χ4v) is 1.13. The standard InChI is InChI=1S/C7H8ClNS.C2H6/c1-10-9-7-4-2-6(8)3-5-7;1-2/h2-5,9H,1H3;1-2H3. The van der Waals surface area contributed by atoms with E-state index in [4.69, 9.17) is 11.6 Å². The van der Waals surface area contributed by atoms with Gasteiger partial charge in [0, 0.05) is 17.0 Å². The quantitative estimate of drug-likeness (QED) is 0.728. The SMILES string of the molecule is CC.CSNc1ccc(Cl)cc1. The molecule has 1 nitrogen and oxygen atoms in total. The molecule has 0 aliphatic rings. The minimum absolute atomic E-state index is 0.770. The topological polar surface area (TPSA) is 12.0 Å². The number of benzene rings is 1. The number of halogens is 1. The first kappa shape index (κ1) is 11.7. The van der Waals surface area contributed by atoms with Crippen LogP contribution < -0.4 is 4.72 Å². The van der Waals surface area contributed by atoms with Gasteiger partial charge in [0.15, 0.2) is 0 Å². The van der Waals surface area contributed by atoms with Crippen LogP contribution >= 0.6 is 23.5 Å². The van der Waals surface area contributed by atoms with Gasteiger partial charge in [-0.15, -0.1) is 0 Å². The maximum atomic E-state index is 5.68. The van der Waals surface area contributed by atoms with Gasteiger partial charge in [-0.3, -0.25) is 0 Å². The lowest BCUT2D eigenvalue weighted by Gasteiger charge is -1.99. The Morgan fingerprint density at radius 3 is 2.08 bits per heavy atom. The highest BCUT2D eigenvalue weighted by atomic mass is 35.5. The van der Waals surface area contributed by atoms with Crippen molar-refractivity contribution in [3.8, 4) is 0 Å². The van der Waals surface area contributed by atoms with E-state index in [-0.39, 0.29) is 0 Å². The molecule has 1 rings (SSSR count). The van der Waals surface area contributed by atoms with Gasteiger partial charge in [-0.1, -0.05) is 37.4 Å². The van der Waals surface area contributed by atoms with Crippen molar-refractivity contribution in [2.75, 3.05) is 11.0 Å². The summed E-state index contributed by atoms with van der Waals surface area (Å²) in [6.45, 7) is 4.00. The smallest absolute Gasteiger partial charge is 0.0440 e. The molecule has 0 spiro atoms. The largest absolute Gasteiger partial charge is 0.330 e. The predicted molar refractivity (Wildman–Crippen MR) is 59.9 cm³/mol. The van der Waals surface area contributed by atoms with Crippen molar-refractivity contribution in [1.29, 1.82) is 0 Å². The van der Waals surface area contributed by atoms with E-state index in [9.17, 15) is 0 Å². The molecule has 0 saturated carbocycles. The highest BCUT2D eigenvalue weighted by Crippen LogP contribution is 2.15. The molecule has 0 aliphatic carbocycles. The van der Waals surface area contributed by atoms with Crippen LogP contribution in [0.4, 0.5) is 5.69 Å². The Kier molecular flexibility index (Phi) is 7.11. The average molecular weight is 204 g/mol. The van der Waals surface area contributed by atoms with E-state index >= 15 is 0 Å². The summed E-state index contributed by atoms with van der Waals surface area (Å²) in [5.74, 6) is 0. The summed E-state index contributed by atoms with van der Waals surface area (Å²) in [6.07, 6.45) is 1.98. The van der Waals surface area contributed by atoms with E-state index in [2.05, 4.69) is 4.72 Å². The molecule has 0 aliphatic heterocycles. The van der Waals surface area contributed by atoms with E-state index in [0.717, 1.165) is 10.7 Å². The molecule has 0 aromatic heterocycles. The number of hydrogen-bond acceptors (Lipinski definition) is 2. The molecule has 0 heterocycles. The molecule has 3 heteroatoms. The van der Waals surface area contributed by atoms with E-state index < -0.39 is 0 Å². The molecule has 0 radical (unpaired) electrons. The number of hydrogen-bond donors (Lipinski definition) is 1. The normalized spacial score (nSPS) is 8.33. The van der Waals surface area contributed by atoms with Crippen molar-refractivity contribution in [1.82, 2.24) is 0 Å². The van der Waals surface area contributed by atoms with Gasteiger partial charge in [0.05, 0.1) is 0 Å². The Bertz CT molecular complexity index is 198. The minimum Gasteiger partial charge on any atom is -0.330 e. The molecule has 1 aromatic carbocycles. The van der Waals surface area contributed by atoms with Crippen LogP contribution in [0, 0.1) is 0 Å². The Balaban J connectivity index is 0.000000561. The lowest BCUT2D eigenvalue weighted by Crippen LogP contribution is -1.81. The zero-order chi connectivity index (χ0) is 9.40. The molecule has 0 bridgehead atoms. The maximum Gasteiger partial charge on any atom is 0.0440 e. The third-order valence-corrected chi connectivity index (χ3v) is 1.76. The number of rotatable bonds is 2. The van der Waals surface area contributed by atoms with E-state index in [0.29, 0.717) is 0 Å². The summed E-state index contributed by atoms with van der Waals surface area (Å²) < 4.78 is 3.09. The first-order valence-corrected chi connectivity index (χ1v) is 5.48. The van der Waals surface area contributed by atoms with Crippen LogP contribution in [0.5, 0.6) is 0 Å². The summed E-state index contributed by atoms with van der Waals surface area (Å²) >= 11 is 7.24. The fourth-order valence-electron chi connectivity index (χ4n) is 0.636. The zero-order valence-corrected chi connectivity index (χ0v) is 9.17. The van der Waals surface area contributed by atoms with Crippen molar-refractivity contribution in [3.63, 3.8) is 0 Å². The van der Waals surface area contributed by atoms with Crippen LogP contribution in [0.15, 0.2) is 24.3 Å². The van der Waals surface area contributed by atoms with E-state index in [1.54, 1.807) is 11.9 Å². The molecule has 0 atom stereocenters. The van der Waals surface area contributed by atoms with E-state index in [1.165, 1.54) is 0 Å². The number of anilines is 1. The van der Waals surface area contributed by atoms with Gasteiger partial charge in [0.2, 0.25) is 0 Å². The van der Waals surface area contributed by atoms with Crippen LogP contribution in [-0.4, -0.2) is 6.26 Å². The van der Waals surface area contributed by atoms with Gasteiger partial charge in [0.25, 0.3) is 0 Å². The second-order valence-corrected chi connectivity index (χ2v) is 2.86. The van der Waals surface area contributed by atoms with Crippen molar-refractivity contribution in [2.24, 2.45) is 0 Å². The molecule has 12 heavy (non-hydrogen) atoms. The van der Waals surface area contributed by atoms with Crippen LogP contribution in [0.3, 0.4) is 0 Å². The van der Waals surface area contributed by atoms with Gasteiger partial charge in [-0.2, -0.15) is 0 Å². The fraction of sp³-hybridized carbons (Fsp3) is 0.333. The van der Waals surface area contributed by atoms with Crippen molar-refractivity contribution >= 4 is 29.2 Å². The van der Waals surface area contributed by atoms with Crippen LogP contribution in [-0.2, 0) is 0 Å². The second-order valence-electron chi connectivity index (χ2n) is 1.81. The lowest BCUT2D eigenvalue weighted by atomic mass is 10.3. The molecule has 68 valence electrons. The first-order chi connectivity index (χ1) is 5.83. The van der Waals surface area contributed by atoms with Gasteiger partial charge < -0.3 is 4.72 Å². The lowest BCUT2D eigenvalue weighted by molar-refractivity contribution is 1.50. The molecule has 1 aromatic rings. The van der Waals surface area contributed by atoms with Crippen LogP contribution in [0.25, 0.3) is 0 Å². The second kappa shape index (κ2) is 7.32. The molecular weight excluding hydrogens is 190 g/mol. The number of nitrogens with one attached hydrogen (secondary N) is 1. The summed E-state index contributed by atoms with van der Waals surface area (Å²) in [5, 5.41) is 0.770. The molecule has 1 N–H and O–H groups in total. The molecule has 0 saturated heterocycles. The molecule has 0 fully saturated rings.